The van der Waals surface area contributed by atoms with Crippen LogP contribution in [0.2, 0.25) is 5.02 Å². The first-order valence-electron chi connectivity index (χ1n) is 8.94. The van der Waals surface area contributed by atoms with Gasteiger partial charge >= 0.3 is 0 Å². The summed E-state index contributed by atoms with van der Waals surface area (Å²) >= 11 is 6.49. The van der Waals surface area contributed by atoms with Crippen LogP contribution in [0.4, 0.5) is 10.2 Å². The average molecular weight is 408 g/mol. The highest BCUT2D eigenvalue weighted by Crippen LogP contribution is 2.35. The predicted molar refractivity (Wildman–Crippen MR) is 109 cm³/mol. The summed E-state index contributed by atoms with van der Waals surface area (Å²) in [5.74, 6) is 0.280. The summed E-state index contributed by atoms with van der Waals surface area (Å²) in [7, 11) is 0. The lowest BCUT2D eigenvalue weighted by Gasteiger charge is -2.21. The number of benzene rings is 1. The fourth-order valence-electron chi connectivity index (χ4n) is 3.49. The fraction of sp³-hybridized carbons (Fsp3) is 0.100. The number of aromatic nitrogens is 6. The highest BCUT2D eigenvalue weighted by molar-refractivity contribution is 6.33. The van der Waals surface area contributed by atoms with E-state index in [1.165, 1.54) is 18.5 Å². The Bertz CT molecular complexity index is 1340. The van der Waals surface area contributed by atoms with Crippen molar-refractivity contribution in [2.24, 2.45) is 0 Å². The van der Waals surface area contributed by atoms with Crippen LogP contribution in [0, 0.1) is 5.82 Å². The lowest BCUT2D eigenvalue weighted by atomic mass is 10.00. The van der Waals surface area contributed by atoms with Crippen molar-refractivity contribution in [3.63, 3.8) is 0 Å². The monoisotopic (exact) mass is 407 g/mol. The fourth-order valence-corrected chi connectivity index (χ4v) is 3.75. The summed E-state index contributed by atoms with van der Waals surface area (Å²) in [5, 5.41) is 3.88. The van der Waals surface area contributed by atoms with E-state index in [0.29, 0.717) is 27.7 Å². The van der Waals surface area contributed by atoms with E-state index in [1.807, 2.05) is 29.7 Å². The Balaban J connectivity index is 1.67. The molecule has 2 N–H and O–H groups in total. The molecule has 144 valence electrons. The number of hydrogen-bond acceptors (Lipinski definition) is 5. The lowest BCUT2D eigenvalue weighted by Crippen LogP contribution is -2.12. The van der Waals surface area contributed by atoms with Crippen LogP contribution in [0.5, 0.6) is 0 Å². The molecule has 7 nitrogen and oxygen atoms in total. The third kappa shape index (κ3) is 2.98. The van der Waals surface area contributed by atoms with E-state index in [1.54, 1.807) is 18.6 Å². The van der Waals surface area contributed by atoms with Gasteiger partial charge in [0, 0.05) is 23.5 Å². The number of nitrogens with one attached hydrogen (secondary N) is 2. The number of halogens is 2. The molecule has 0 amide bonds. The molecular formula is C20H15ClFN7. The summed E-state index contributed by atoms with van der Waals surface area (Å²) in [5.41, 5.74) is 4.28. The van der Waals surface area contributed by atoms with Crippen LogP contribution < -0.4 is 5.32 Å². The van der Waals surface area contributed by atoms with Gasteiger partial charge < -0.3 is 10.3 Å². The van der Waals surface area contributed by atoms with E-state index in [0.717, 1.165) is 16.8 Å². The molecule has 0 saturated heterocycles. The second kappa shape index (κ2) is 6.82. The summed E-state index contributed by atoms with van der Waals surface area (Å²) < 4.78 is 15.9. The van der Waals surface area contributed by atoms with Crippen molar-refractivity contribution in [1.82, 2.24) is 29.3 Å². The zero-order valence-electron chi connectivity index (χ0n) is 15.3. The second-order valence-corrected chi connectivity index (χ2v) is 7.02. The quantitative estimate of drug-likeness (QED) is 0.453. The van der Waals surface area contributed by atoms with E-state index >= 15 is 0 Å². The van der Waals surface area contributed by atoms with Gasteiger partial charge in [-0.3, -0.25) is 4.40 Å². The van der Waals surface area contributed by atoms with E-state index in [9.17, 15) is 4.39 Å². The molecule has 0 aliphatic carbocycles. The van der Waals surface area contributed by atoms with Gasteiger partial charge in [-0.25, -0.2) is 24.3 Å². The molecule has 0 aliphatic rings. The Kier molecular flexibility index (Phi) is 4.13. The van der Waals surface area contributed by atoms with Gasteiger partial charge in [-0.15, -0.1) is 0 Å². The molecule has 0 radical (unpaired) electrons. The van der Waals surface area contributed by atoms with Crippen LogP contribution in [0.25, 0.3) is 28.1 Å². The first-order valence-corrected chi connectivity index (χ1v) is 9.31. The van der Waals surface area contributed by atoms with Crippen molar-refractivity contribution in [3.05, 3.63) is 71.8 Å². The Labute approximate surface area is 169 Å². The summed E-state index contributed by atoms with van der Waals surface area (Å²) in [4.78, 5) is 20.1. The molecular weight excluding hydrogens is 393 g/mol. The molecule has 4 heterocycles. The highest BCUT2D eigenvalue weighted by atomic mass is 35.5. The van der Waals surface area contributed by atoms with Crippen molar-refractivity contribution in [2.45, 2.75) is 13.0 Å². The molecule has 29 heavy (non-hydrogen) atoms. The van der Waals surface area contributed by atoms with Crippen LogP contribution in [-0.4, -0.2) is 29.3 Å². The predicted octanol–water partition coefficient (Wildman–Crippen LogP) is 4.63. The Hall–Kier alpha value is -3.52. The number of nitrogens with zero attached hydrogens (tertiary/aromatic N) is 5. The van der Waals surface area contributed by atoms with Crippen LogP contribution in [-0.2, 0) is 0 Å². The Morgan fingerprint density at radius 1 is 1.17 bits per heavy atom. The van der Waals surface area contributed by atoms with Crippen LogP contribution in [0.1, 0.15) is 18.5 Å². The third-order valence-electron chi connectivity index (χ3n) is 4.79. The van der Waals surface area contributed by atoms with Gasteiger partial charge in [0.25, 0.3) is 0 Å². The van der Waals surface area contributed by atoms with Crippen LogP contribution in [0.15, 0.2) is 55.4 Å². The first kappa shape index (κ1) is 17.6. The number of H-pyrrole nitrogens is 1. The molecule has 5 rings (SSSR count). The molecule has 0 aliphatic heterocycles. The lowest BCUT2D eigenvalue weighted by molar-refractivity contribution is 0.628. The number of anilines is 1. The number of fused-ring (bicyclic) bond motifs is 2. The minimum atomic E-state index is -0.314. The van der Waals surface area contributed by atoms with Crippen LogP contribution >= 0.6 is 11.6 Å². The topological polar surface area (TPSA) is 83.8 Å². The molecule has 4 aromatic heterocycles. The minimum Gasteiger partial charge on any atom is -0.362 e. The smallest absolute Gasteiger partial charge is 0.162 e. The number of hydrogen-bond donors (Lipinski definition) is 2. The average Bonchev–Trinajstić information content (AvgIpc) is 3.38. The largest absolute Gasteiger partial charge is 0.362 e. The summed E-state index contributed by atoms with van der Waals surface area (Å²) in [6.07, 6.45) is 6.52. The standard InChI is InChI=1S/C20H15ClFN7/c1-11(28-19-16-18(25-9-24-16)26-10-27-19)14-8-15(21)20-23-5-6-29(20)17(14)12-3-2-4-13(22)7-12/h2-11H,1H3,(H2,24,25,26,27,28). The number of pyridine rings is 1. The molecule has 0 bridgehead atoms. The second-order valence-electron chi connectivity index (χ2n) is 6.62. The van der Waals surface area contributed by atoms with Gasteiger partial charge in [-0.05, 0) is 25.1 Å². The maximum Gasteiger partial charge on any atom is 0.162 e. The SMILES string of the molecule is CC(Nc1ncnc2[nH]cnc12)c1cc(Cl)c2nccn2c1-c1cccc(F)c1. The van der Waals surface area contributed by atoms with E-state index in [-0.39, 0.29) is 11.9 Å². The van der Waals surface area contributed by atoms with Crippen molar-refractivity contribution in [2.75, 3.05) is 5.32 Å². The van der Waals surface area contributed by atoms with Gasteiger partial charge in [0.2, 0.25) is 0 Å². The number of aromatic amines is 1. The van der Waals surface area contributed by atoms with Gasteiger partial charge in [0.05, 0.1) is 23.1 Å². The zero-order chi connectivity index (χ0) is 20.0. The molecule has 1 aromatic carbocycles. The highest BCUT2D eigenvalue weighted by Gasteiger charge is 2.20. The van der Waals surface area contributed by atoms with Crippen molar-refractivity contribution < 1.29 is 4.39 Å². The first-order chi connectivity index (χ1) is 14.1. The van der Waals surface area contributed by atoms with Crippen molar-refractivity contribution >= 4 is 34.2 Å². The minimum absolute atomic E-state index is 0.215. The molecule has 0 fully saturated rings. The number of imidazole rings is 2. The third-order valence-corrected chi connectivity index (χ3v) is 5.06. The van der Waals surface area contributed by atoms with Gasteiger partial charge in [-0.1, -0.05) is 23.7 Å². The molecule has 5 aromatic rings. The van der Waals surface area contributed by atoms with Gasteiger partial charge in [0.15, 0.2) is 17.1 Å². The van der Waals surface area contributed by atoms with Gasteiger partial charge in [0.1, 0.15) is 17.7 Å². The number of rotatable bonds is 4. The van der Waals surface area contributed by atoms with E-state index in [4.69, 9.17) is 11.6 Å². The molecule has 0 saturated carbocycles. The van der Waals surface area contributed by atoms with Crippen LogP contribution in [0.3, 0.4) is 0 Å². The van der Waals surface area contributed by atoms with E-state index in [2.05, 4.69) is 30.2 Å². The van der Waals surface area contributed by atoms with Gasteiger partial charge in [-0.2, -0.15) is 0 Å². The molecule has 9 heteroatoms. The zero-order valence-corrected chi connectivity index (χ0v) is 16.0. The van der Waals surface area contributed by atoms with E-state index < -0.39 is 0 Å². The maximum absolute atomic E-state index is 14.0. The Morgan fingerprint density at radius 3 is 2.93 bits per heavy atom. The van der Waals surface area contributed by atoms with Crippen molar-refractivity contribution in [3.8, 4) is 11.3 Å². The maximum atomic E-state index is 14.0. The molecule has 1 atom stereocenters. The summed E-state index contributed by atoms with van der Waals surface area (Å²) in [6.45, 7) is 1.98. The molecule has 0 spiro atoms. The summed E-state index contributed by atoms with van der Waals surface area (Å²) in [6, 6.07) is 8.09. The van der Waals surface area contributed by atoms with Crippen molar-refractivity contribution in [1.29, 1.82) is 0 Å². The Morgan fingerprint density at radius 2 is 2.07 bits per heavy atom. The normalized spacial score (nSPS) is 12.5. The molecule has 1 unspecified atom stereocenters.